The molecule has 0 unspecified atom stereocenters. The summed E-state index contributed by atoms with van der Waals surface area (Å²) in [6.45, 7) is 4.48. The predicted octanol–water partition coefficient (Wildman–Crippen LogP) is 0.392. The van der Waals surface area contributed by atoms with Gasteiger partial charge in [-0.25, -0.2) is 4.68 Å². The minimum Gasteiger partial charge on any atom is -0.351 e. The quantitative estimate of drug-likeness (QED) is 0.714. The predicted molar refractivity (Wildman–Crippen MR) is 74.6 cm³/mol. The third-order valence-corrected chi connectivity index (χ3v) is 2.76. The van der Waals surface area contributed by atoms with E-state index in [-0.39, 0.29) is 5.91 Å². The highest BCUT2D eigenvalue weighted by molar-refractivity contribution is 5.94. The molecule has 1 aromatic carbocycles. The van der Waals surface area contributed by atoms with Crippen molar-refractivity contribution in [3.63, 3.8) is 0 Å². The van der Waals surface area contributed by atoms with E-state index in [0.29, 0.717) is 12.1 Å². The van der Waals surface area contributed by atoms with Crippen molar-refractivity contribution < 1.29 is 4.79 Å². The van der Waals surface area contributed by atoms with Gasteiger partial charge in [-0.05, 0) is 47.7 Å². The van der Waals surface area contributed by atoms with Gasteiger partial charge in [-0.15, -0.1) is 5.10 Å². The molecule has 0 atom stereocenters. The Kier molecular flexibility index (Phi) is 5.19. The van der Waals surface area contributed by atoms with Gasteiger partial charge in [-0.2, -0.15) is 0 Å². The topological polar surface area (TPSA) is 84.7 Å². The molecule has 0 saturated carbocycles. The molecule has 2 rings (SSSR count). The number of carbonyl (C=O) groups excluding carboxylic acids is 1. The van der Waals surface area contributed by atoms with Gasteiger partial charge in [0.15, 0.2) is 0 Å². The fraction of sp³-hybridized carbons (Fsp3) is 0.385. The molecule has 1 amide bonds. The molecule has 7 nitrogen and oxygen atoms in total. The zero-order valence-corrected chi connectivity index (χ0v) is 11.4. The van der Waals surface area contributed by atoms with Crippen LogP contribution in [0.4, 0.5) is 0 Å². The summed E-state index contributed by atoms with van der Waals surface area (Å²) in [5.41, 5.74) is 1.44. The molecule has 0 fully saturated rings. The highest BCUT2D eigenvalue weighted by Gasteiger charge is 2.05. The Bertz CT molecular complexity index is 522. The van der Waals surface area contributed by atoms with Gasteiger partial charge >= 0.3 is 0 Å². The van der Waals surface area contributed by atoms with Gasteiger partial charge in [0.1, 0.15) is 6.33 Å². The molecule has 2 aromatic rings. The van der Waals surface area contributed by atoms with Crippen molar-refractivity contribution in [2.45, 2.75) is 13.3 Å². The fourth-order valence-corrected chi connectivity index (χ4v) is 1.71. The third-order valence-electron chi connectivity index (χ3n) is 2.76. The van der Waals surface area contributed by atoms with E-state index in [1.807, 2.05) is 0 Å². The van der Waals surface area contributed by atoms with E-state index in [2.05, 4.69) is 33.1 Å². The van der Waals surface area contributed by atoms with Crippen LogP contribution >= 0.6 is 0 Å². The minimum absolute atomic E-state index is 0.0773. The van der Waals surface area contributed by atoms with E-state index in [1.165, 1.54) is 11.0 Å². The number of aromatic nitrogens is 4. The molecule has 20 heavy (non-hydrogen) atoms. The van der Waals surface area contributed by atoms with Gasteiger partial charge in [0.2, 0.25) is 0 Å². The number of amides is 1. The third kappa shape index (κ3) is 3.86. The van der Waals surface area contributed by atoms with E-state index < -0.39 is 0 Å². The van der Waals surface area contributed by atoms with Crippen LogP contribution in [0.1, 0.15) is 23.7 Å². The number of hydrogen-bond acceptors (Lipinski definition) is 5. The Labute approximate surface area is 117 Å². The van der Waals surface area contributed by atoms with Crippen LogP contribution in [-0.4, -0.2) is 45.7 Å². The standard InChI is InChI=1S/C13H18N6O/c1-2-7-14-8-9-15-13(20)11-3-5-12(6-4-11)19-10-16-17-18-19/h3-6,10,14H,2,7-9H2,1H3,(H,15,20). The second-order valence-electron chi connectivity index (χ2n) is 4.31. The normalized spacial score (nSPS) is 10.4. The molecule has 0 saturated heterocycles. The Morgan fingerprint density at radius 2 is 2.00 bits per heavy atom. The van der Waals surface area contributed by atoms with Gasteiger partial charge in [-0.3, -0.25) is 4.79 Å². The molecule has 2 N–H and O–H groups in total. The first-order valence-corrected chi connectivity index (χ1v) is 6.63. The van der Waals surface area contributed by atoms with E-state index in [4.69, 9.17) is 0 Å². The van der Waals surface area contributed by atoms with Crippen molar-refractivity contribution in [2.75, 3.05) is 19.6 Å². The lowest BCUT2D eigenvalue weighted by atomic mass is 10.2. The number of hydrogen-bond donors (Lipinski definition) is 2. The maximum atomic E-state index is 11.9. The Morgan fingerprint density at radius 1 is 1.20 bits per heavy atom. The van der Waals surface area contributed by atoms with Crippen molar-refractivity contribution in [1.82, 2.24) is 30.8 Å². The highest BCUT2D eigenvalue weighted by atomic mass is 16.1. The van der Waals surface area contributed by atoms with E-state index in [9.17, 15) is 4.79 Å². The van der Waals surface area contributed by atoms with E-state index in [1.54, 1.807) is 24.3 Å². The van der Waals surface area contributed by atoms with E-state index in [0.717, 1.165) is 25.2 Å². The number of nitrogens with one attached hydrogen (secondary N) is 2. The van der Waals surface area contributed by atoms with Gasteiger partial charge in [0.25, 0.3) is 5.91 Å². The summed E-state index contributed by atoms with van der Waals surface area (Å²) in [6, 6.07) is 7.12. The Morgan fingerprint density at radius 3 is 2.65 bits per heavy atom. The van der Waals surface area contributed by atoms with Crippen molar-refractivity contribution in [2.24, 2.45) is 0 Å². The summed E-state index contributed by atoms with van der Waals surface area (Å²) < 4.78 is 1.54. The Hall–Kier alpha value is -2.28. The number of benzene rings is 1. The van der Waals surface area contributed by atoms with Gasteiger partial charge in [0.05, 0.1) is 5.69 Å². The minimum atomic E-state index is -0.0773. The lowest BCUT2D eigenvalue weighted by Gasteiger charge is -2.06. The molecular formula is C13H18N6O. The fourth-order valence-electron chi connectivity index (χ4n) is 1.71. The molecule has 106 valence electrons. The monoisotopic (exact) mass is 274 g/mol. The molecule has 7 heteroatoms. The van der Waals surface area contributed by atoms with Gasteiger partial charge in [-0.1, -0.05) is 6.92 Å². The number of tetrazole rings is 1. The van der Waals surface area contributed by atoms with Crippen LogP contribution in [0.25, 0.3) is 5.69 Å². The van der Waals surface area contributed by atoms with Crippen molar-refractivity contribution in [3.8, 4) is 5.69 Å². The highest BCUT2D eigenvalue weighted by Crippen LogP contribution is 2.07. The number of carbonyl (C=O) groups is 1. The van der Waals surface area contributed by atoms with Crippen LogP contribution < -0.4 is 10.6 Å². The average Bonchev–Trinajstić information content (AvgIpc) is 3.01. The number of nitrogens with zero attached hydrogens (tertiary/aromatic N) is 4. The average molecular weight is 274 g/mol. The molecule has 0 aliphatic carbocycles. The van der Waals surface area contributed by atoms with Gasteiger partial charge < -0.3 is 10.6 Å². The second kappa shape index (κ2) is 7.34. The first-order valence-electron chi connectivity index (χ1n) is 6.63. The van der Waals surface area contributed by atoms with Crippen molar-refractivity contribution >= 4 is 5.91 Å². The maximum absolute atomic E-state index is 11.9. The lowest BCUT2D eigenvalue weighted by molar-refractivity contribution is 0.0954. The largest absolute Gasteiger partial charge is 0.351 e. The second-order valence-corrected chi connectivity index (χ2v) is 4.31. The summed E-state index contributed by atoms with van der Waals surface area (Å²) in [6.07, 6.45) is 2.60. The summed E-state index contributed by atoms with van der Waals surface area (Å²) >= 11 is 0. The van der Waals surface area contributed by atoms with Crippen LogP contribution in [0.3, 0.4) is 0 Å². The summed E-state index contributed by atoms with van der Waals surface area (Å²) in [4.78, 5) is 11.9. The Balaban J connectivity index is 1.85. The molecule has 0 bridgehead atoms. The van der Waals surface area contributed by atoms with Crippen molar-refractivity contribution in [1.29, 1.82) is 0 Å². The zero-order valence-electron chi connectivity index (χ0n) is 11.4. The molecule has 0 aliphatic rings. The summed E-state index contributed by atoms with van der Waals surface area (Å²) in [7, 11) is 0. The molecule has 0 aliphatic heterocycles. The van der Waals surface area contributed by atoms with Crippen LogP contribution in [0.5, 0.6) is 0 Å². The zero-order chi connectivity index (χ0) is 14.2. The first-order chi connectivity index (χ1) is 9.81. The molecular weight excluding hydrogens is 256 g/mol. The molecule has 1 aromatic heterocycles. The van der Waals surface area contributed by atoms with Crippen LogP contribution in [0.15, 0.2) is 30.6 Å². The first kappa shape index (κ1) is 14.1. The molecule has 0 radical (unpaired) electrons. The van der Waals surface area contributed by atoms with Crippen molar-refractivity contribution in [3.05, 3.63) is 36.2 Å². The summed E-state index contributed by atoms with van der Waals surface area (Å²) in [5.74, 6) is -0.0773. The molecule has 0 spiro atoms. The number of rotatable bonds is 7. The smallest absolute Gasteiger partial charge is 0.251 e. The maximum Gasteiger partial charge on any atom is 0.251 e. The van der Waals surface area contributed by atoms with Gasteiger partial charge in [0, 0.05) is 18.7 Å². The molecule has 1 heterocycles. The SMILES string of the molecule is CCCNCCNC(=O)c1ccc(-n2cnnn2)cc1. The van der Waals surface area contributed by atoms with E-state index >= 15 is 0 Å². The van der Waals surface area contributed by atoms with Crippen LogP contribution in [-0.2, 0) is 0 Å². The van der Waals surface area contributed by atoms with Crippen LogP contribution in [0.2, 0.25) is 0 Å². The lowest BCUT2D eigenvalue weighted by Crippen LogP contribution is -2.32. The summed E-state index contributed by atoms with van der Waals surface area (Å²) in [5, 5.41) is 17.0. The van der Waals surface area contributed by atoms with Crippen LogP contribution in [0, 0.1) is 0 Å².